The quantitative estimate of drug-likeness (QED) is 0.577. The summed E-state index contributed by atoms with van der Waals surface area (Å²) in [7, 11) is 0. The standard InChI is InChI=1S/C25H26N4O3S/c30-23(17-32-20-10-8-19(9-11-20)29-13-4-7-24(29)31)27-25-26-21-12-14-28(16-22(21)33-25)15-18-5-2-1-3-6-18/h1-3,5-6,8-11H,4,7,12-17H2,(H,26,27,30). The fraction of sp³-hybridized carbons (Fsp3) is 0.320. The van der Waals surface area contributed by atoms with E-state index in [1.165, 1.54) is 21.8 Å². The fourth-order valence-corrected chi connectivity index (χ4v) is 5.29. The summed E-state index contributed by atoms with van der Waals surface area (Å²) < 4.78 is 5.62. The van der Waals surface area contributed by atoms with Crippen molar-refractivity contribution in [2.45, 2.75) is 32.4 Å². The molecule has 0 spiro atoms. The SMILES string of the molecule is O=C(COc1ccc(N2CCCC2=O)cc1)Nc1nc2c(s1)CN(Cc1ccccc1)CC2. The molecule has 3 heterocycles. The molecule has 0 saturated carbocycles. The van der Waals surface area contributed by atoms with Crippen LogP contribution in [0.1, 0.15) is 29.0 Å². The van der Waals surface area contributed by atoms with Crippen LogP contribution in [-0.4, -0.2) is 41.4 Å². The normalized spacial score (nSPS) is 16.0. The van der Waals surface area contributed by atoms with Crippen LogP contribution in [0.15, 0.2) is 54.6 Å². The number of hydrogen-bond donors (Lipinski definition) is 1. The van der Waals surface area contributed by atoms with Gasteiger partial charge in [-0.3, -0.25) is 19.8 Å². The van der Waals surface area contributed by atoms with E-state index in [9.17, 15) is 9.59 Å². The maximum atomic E-state index is 12.4. The summed E-state index contributed by atoms with van der Waals surface area (Å²) in [6.45, 7) is 3.38. The molecule has 1 N–H and O–H groups in total. The van der Waals surface area contributed by atoms with Crippen LogP contribution in [0, 0.1) is 0 Å². The number of amides is 2. The van der Waals surface area contributed by atoms with E-state index in [1.54, 1.807) is 17.0 Å². The summed E-state index contributed by atoms with van der Waals surface area (Å²) >= 11 is 1.54. The van der Waals surface area contributed by atoms with Crippen molar-refractivity contribution >= 4 is 34.0 Å². The highest BCUT2D eigenvalue weighted by Crippen LogP contribution is 2.29. The topological polar surface area (TPSA) is 74.8 Å². The lowest BCUT2D eigenvalue weighted by Crippen LogP contribution is -2.29. The van der Waals surface area contributed by atoms with Crippen molar-refractivity contribution in [1.29, 1.82) is 0 Å². The van der Waals surface area contributed by atoms with Gasteiger partial charge in [-0.1, -0.05) is 30.3 Å². The summed E-state index contributed by atoms with van der Waals surface area (Å²) in [5, 5.41) is 3.49. The third-order valence-corrected chi connectivity index (χ3v) is 6.90. The highest BCUT2D eigenvalue weighted by molar-refractivity contribution is 7.15. The van der Waals surface area contributed by atoms with Crippen LogP contribution in [0.5, 0.6) is 5.75 Å². The molecule has 2 amide bonds. The van der Waals surface area contributed by atoms with Crippen LogP contribution in [0.3, 0.4) is 0 Å². The number of thiazole rings is 1. The number of aromatic nitrogens is 1. The Kier molecular flexibility index (Phi) is 6.37. The molecule has 0 bridgehead atoms. The van der Waals surface area contributed by atoms with Gasteiger partial charge in [-0.25, -0.2) is 4.98 Å². The van der Waals surface area contributed by atoms with E-state index in [0.717, 1.165) is 50.4 Å². The second-order valence-corrected chi connectivity index (χ2v) is 9.40. The lowest BCUT2D eigenvalue weighted by atomic mass is 10.1. The number of nitrogens with zero attached hydrogens (tertiary/aromatic N) is 3. The lowest BCUT2D eigenvalue weighted by Gasteiger charge is -2.25. The molecule has 170 valence electrons. The lowest BCUT2D eigenvalue weighted by molar-refractivity contribution is -0.118. The third kappa shape index (κ3) is 5.23. The Morgan fingerprint density at radius 3 is 2.64 bits per heavy atom. The first-order valence-corrected chi connectivity index (χ1v) is 12.0. The van der Waals surface area contributed by atoms with Crippen LogP contribution >= 0.6 is 11.3 Å². The summed E-state index contributed by atoms with van der Waals surface area (Å²) in [4.78, 5) is 34.3. The summed E-state index contributed by atoms with van der Waals surface area (Å²) in [6.07, 6.45) is 2.38. The Morgan fingerprint density at radius 2 is 1.88 bits per heavy atom. The number of fused-ring (bicyclic) bond motifs is 1. The van der Waals surface area contributed by atoms with Crippen molar-refractivity contribution in [3.8, 4) is 5.75 Å². The Bertz CT molecular complexity index is 1130. The molecule has 2 aromatic carbocycles. The van der Waals surface area contributed by atoms with Crippen molar-refractivity contribution in [2.24, 2.45) is 0 Å². The van der Waals surface area contributed by atoms with Crippen molar-refractivity contribution in [2.75, 3.05) is 29.9 Å². The van der Waals surface area contributed by atoms with Crippen LogP contribution in [0.25, 0.3) is 0 Å². The van der Waals surface area contributed by atoms with Crippen molar-refractivity contribution in [1.82, 2.24) is 9.88 Å². The Hall–Kier alpha value is -3.23. The molecule has 2 aliphatic heterocycles. The molecule has 1 saturated heterocycles. The zero-order chi connectivity index (χ0) is 22.6. The van der Waals surface area contributed by atoms with Gasteiger partial charge in [-0.15, -0.1) is 11.3 Å². The van der Waals surface area contributed by atoms with E-state index in [2.05, 4.69) is 39.5 Å². The maximum Gasteiger partial charge on any atom is 0.264 e. The van der Waals surface area contributed by atoms with Crippen molar-refractivity contribution < 1.29 is 14.3 Å². The van der Waals surface area contributed by atoms with E-state index in [1.807, 2.05) is 18.2 Å². The maximum absolute atomic E-state index is 12.4. The average Bonchev–Trinajstić information content (AvgIpc) is 3.44. The molecule has 7 nitrogen and oxygen atoms in total. The minimum Gasteiger partial charge on any atom is -0.484 e. The van der Waals surface area contributed by atoms with Gasteiger partial charge >= 0.3 is 0 Å². The van der Waals surface area contributed by atoms with Gasteiger partial charge in [-0.2, -0.15) is 0 Å². The van der Waals surface area contributed by atoms with Crippen LogP contribution in [0.2, 0.25) is 0 Å². The Morgan fingerprint density at radius 1 is 1.06 bits per heavy atom. The number of benzene rings is 2. The van der Waals surface area contributed by atoms with Gasteiger partial charge < -0.3 is 9.64 Å². The smallest absolute Gasteiger partial charge is 0.264 e. The first-order chi connectivity index (χ1) is 16.1. The van der Waals surface area contributed by atoms with E-state index < -0.39 is 0 Å². The van der Waals surface area contributed by atoms with Crippen molar-refractivity contribution in [3.05, 3.63) is 70.7 Å². The second-order valence-electron chi connectivity index (χ2n) is 8.31. The molecular weight excluding hydrogens is 436 g/mol. The first kappa shape index (κ1) is 21.6. The highest BCUT2D eigenvalue weighted by atomic mass is 32.1. The van der Waals surface area contributed by atoms with Crippen LogP contribution in [0.4, 0.5) is 10.8 Å². The summed E-state index contributed by atoms with van der Waals surface area (Å²) in [5.74, 6) is 0.508. The summed E-state index contributed by atoms with van der Waals surface area (Å²) in [6, 6.07) is 17.7. The number of nitrogens with one attached hydrogen (secondary N) is 1. The van der Waals surface area contributed by atoms with Gasteiger partial charge in [0.15, 0.2) is 11.7 Å². The molecule has 1 fully saturated rings. The predicted octanol–water partition coefficient (Wildman–Crippen LogP) is 3.85. The molecule has 5 rings (SSSR count). The molecule has 33 heavy (non-hydrogen) atoms. The van der Waals surface area contributed by atoms with Crippen LogP contribution < -0.4 is 15.0 Å². The molecule has 0 unspecified atom stereocenters. The van der Waals surface area contributed by atoms with E-state index in [4.69, 9.17) is 4.74 Å². The van der Waals surface area contributed by atoms with Gasteiger partial charge in [-0.05, 0) is 36.2 Å². The van der Waals surface area contributed by atoms with E-state index in [-0.39, 0.29) is 18.4 Å². The minimum atomic E-state index is -0.235. The summed E-state index contributed by atoms with van der Waals surface area (Å²) in [5.41, 5.74) is 3.24. The van der Waals surface area contributed by atoms with Crippen LogP contribution in [-0.2, 0) is 29.1 Å². The molecule has 0 radical (unpaired) electrons. The van der Waals surface area contributed by atoms with Gasteiger partial charge in [0.2, 0.25) is 5.91 Å². The number of ether oxygens (including phenoxy) is 1. The zero-order valence-electron chi connectivity index (χ0n) is 18.3. The molecule has 1 aromatic heterocycles. The zero-order valence-corrected chi connectivity index (χ0v) is 19.1. The largest absolute Gasteiger partial charge is 0.484 e. The number of carbonyl (C=O) groups excluding carboxylic acids is 2. The molecule has 8 heteroatoms. The minimum absolute atomic E-state index is 0.0909. The second kappa shape index (κ2) is 9.72. The van der Waals surface area contributed by atoms with Crippen molar-refractivity contribution in [3.63, 3.8) is 0 Å². The van der Waals surface area contributed by atoms with Gasteiger partial charge in [0.1, 0.15) is 5.75 Å². The van der Waals surface area contributed by atoms with E-state index in [0.29, 0.717) is 17.3 Å². The van der Waals surface area contributed by atoms with Gasteiger partial charge in [0.25, 0.3) is 5.91 Å². The number of hydrogen-bond acceptors (Lipinski definition) is 6. The fourth-order valence-electron chi connectivity index (χ4n) is 4.23. The van der Waals surface area contributed by atoms with E-state index >= 15 is 0 Å². The molecular formula is C25H26N4O3S. The molecule has 0 atom stereocenters. The molecule has 0 aliphatic carbocycles. The Labute approximate surface area is 197 Å². The highest BCUT2D eigenvalue weighted by Gasteiger charge is 2.22. The van der Waals surface area contributed by atoms with Gasteiger partial charge in [0, 0.05) is 49.6 Å². The number of rotatable bonds is 7. The monoisotopic (exact) mass is 462 g/mol. The molecule has 3 aromatic rings. The number of anilines is 2. The molecule has 2 aliphatic rings. The number of carbonyl (C=O) groups is 2. The Balaban J connectivity index is 1.12. The van der Waals surface area contributed by atoms with Gasteiger partial charge in [0.05, 0.1) is 5.69 Å². The first-order valence-electron chi connectivity index (χ1n) is 11.2. The third-order valence-electron chi connectivity index (χ3n) is 5.90. The average molecular weight is 463 g/mol. The predicted molar refractivity (Wildman–Crippen MR) is 129 cm³/mol.